The number of aliphatic hydroxyl groups is 1. The molecule has 0 saturated carbocycles. The minimum absolute atomic E-state index is 0.0331. The van der Waals surface area contributed by atoms with Gasteiger partial charge in [-0.3, -0.25) is 0 Å². The molecule has 1 saturated heterocycles. The number of nitrogen functional groups attached to an aromatic ring is 1. The predicted octanol–water partition coefficient (Wildman–Crippen LogP) is -0.435. The molecule has 2 heterocycles. The highest BCUT2D eigenvalue weighted by molar-refractivity contribution is 5.46. The Kier molecular flexibility index (Phi) is 3.55. The van der Waals surface area contributed by atoms with Gasteiger partial charge in [0.15, 0.2) is 0 Å². The van der Waals surface area contributed by atoms with Gasteiger partial charge in [0, 0.05) is 13.1 Å². The van der Waals surface area contributed by atoms with E-state index >= 15 is 0 Å². The van der Waals surface area contributed by atoms with Gasteiger partial charge in [-0.05, 0) is 12.1 Å². The fourth-order valence-corrected chi connectivity index (χ4v) is 1.72. The number of hydrogen-bond donors (Lipinski definition) is 3. The van der Waals surface area contributed by atoms with E-state index in [2.05, 4.69) is 15.3 Å². The first-order valence-electron chi connectivity index (χ1n) is 5.24. The van der Waals surface area contributed by atoms with Gasteiger partial charge in [-0.25, -0.2) is 10.8 Å². The number of aliphatic hydroxyl groups excluding tert-OH is 1. The van der Waals surface area contributed by atoms with Crippen LogP contribution in [-0.4, -0.2) is 42.5 Å². The van der Waals surface area contributed by atoms with Crippen LogP contribution in [0.1, 0.15) is 0 Å². The van der Waals surface area contributed by atoms with Gasteiger partial charge in [0.1, 0.15) is 11.6 Å². The molecule has 1 unspecified atom stereocenters. The molecule has 6 heteroatoms. The van der Waals surface area contributed by atoms with Gasteiger partial charge in [-0.2, -0.15) is 0 Å². The lowest BCUT2D eigenvalue weighted by Gasteiger charge is -2.32. The molecule has 0 spiro atoms. The lowest BCUT2D eigenvalue weighted by molar-refractivity contribution is 0.00337. The van der Waals surface area contributed by atoms with Crippen LogP contribution in [0, 0.1) is 0 Å². The molecule has 1 atom stereocenters. The topological polar surface area (TPSA) is 83.6 Å². The van der Waals surface area contributed by atoms with E-state index < -0.39 is 0 Å². The minimum Gasteiger partial charge on any atom is -0.394 e. The number of hydrazine groups is 1. The fourth-order valence-electron chi connectivity index (χ4n) is 1.72. The third-order valence-corrected chi connectivity index (χ3v) is 2.55. The Balaban J connectivity index is 2.10. The van der Waals surface area contributed by atoms with Crippen LogP contribution >= 0.6 is 0 Å². The first-order chi connectivity index (χ1) is 7.83. The van der Waals surface area contributed by atoms with Crippen LogP contribution in [0.15, 0.2) is 18.2 Å². The molecule has 0 aromatic carbocycles. The standard InChI is InChI=1S/C10H16N4O2/c11-13-9-2-1-3-10(12-9)14-4-5-16-8(6-14)7-15/h1-3,8,15H,4-7,11H2,(H,12,13). The van der Waals surface area contributed by atoms with Crippen molar-refractivity contribution in [1.29, 1.82) is 0 Å². The number of nitrogens with zero attached hydrogens (tertiary/aromatic N) is 2. The molecule has 1 aliphatic rings. The number of ether oxygens (including phenoxy) is 1. The summed E-state index contributed by atoms with van der Waals surface area (Å²) in [5.74, 6) is 6.78. The van der Waals surface area contributed by atoms with Gasteiger partial charge >= 0.3 is 0 Å². The Bertz CT molecular complexity index is 347. The second kappa shape index (κ2) is 5.11. The van der Waals surface area contributed by atoms with Crippen molar-refractivity contribution in [1.82, 2.24) is 4.98 Å². The van der Waals surface area contributed by atoms with Crippen molar-refractivity contribution in [3.05, 3.63) is 18.2 Å². The number of nitrogens with two attached hydrogens (primary N) is 1. The second-order valence-electron chi connectivity index (χ2n) is 3.65. The molecule has 6 nitrogen and oxygen atoms in total. The number of pyridine rings is 1. The summed E-state index contributed by atoms with van der Waals surface area (Å²) < 4.78 is 5.38. The van der Waals surface area contributed by atoms with Crippen molar-refractivity contribution < 1.29 is 9.84 Å². The average Bonchev–Trinajstić information content (AvgIpc) is 2.39. The highest BCUT2D eigenvalue weighted by atomic mass is 16.5. The molecule has 16 heavy (non-hydrogen) atoms. The molecule has 1 aromatic heterocycles. The Hall–Kier alpha value is -1.37. The molecular weight excluding hydrogens is 208 g/mol. The Morgan fingerprint density at radius 3 is 3.25 bits per heavy atom. The lowest BCUT2D eigenvalue weighted by atomic mass is 10.3. The Morgan fingerprint density at radius 2 is 2.50 bits per heavy atom. The van der Waals surface area contributed by atoms with Gasteiger partial charge in [-0.1, -0.05) is 6.07 Å². The van der Waals surface area contributed by atoms with Crippen LogP contribution in [0.25, 0.3) is 0 Å². The van der Waals surface area contributed by atoms with Gasteiger partial charge in [0.2, 0.25) is 0 Å². The van der Waals surface area contributed by atoms with Gasteiger partial charge < -0.3 is 20.2 Å². The van der Waals surface area contributed by atoms with Crippen molar-refractivity contribution in [3.8, 4) is 0 Å². The average molecular weight is 224 g/mol. The van der Waals surface area contributed by atoms with Crippen LogP contribution < -0.4 is 16.2 Å². The highest BCUT2D eigenvalue weighted by Gasteiger charge is 2.20. The van der Waals surface area contributed by atoms with Crippen molar-refractivity contribution in [3.63, 3.8) is 0 Å². The van der Waals surface area contributed by atoms with Crippen LogP contribution in [0.2, 0.25) is 0 Å². The van der Waals surface area contributed by atoms with Crippen LogP contribution in [-0.2, 0) is 4.74 Å². The zero-order valence-electron chi connectivity index (χ0n) is 8.97. The predicted molar refractivity (Wildman–Crippen MR) is 61.1 cm³/mol. The Morgan fingerprint density at radius 1 is 1.62 bits per heavy atom. The van der Waals surface area contributed by atoms with E-state index in [9.17, 15) is 0 Å². The second-order valence-corrected chi connectivity index (χ2v) is 3.65. The molecule has 1 aromatic rings. The molecule has 88 valence electrons. The first kappa shape index (κ1) is 11.1. The van der Waals surface area contributed by atoms with Crippen molar-refractivity contribution in [2.75, 3.05) is 36.6 Å². The zero-order valence-corrected chi connectivity index (χ0v) is 8.97. The summed E-state index contributed by atoms with van der Waals surface area (Å²) in [6.07, 6.45) is -0.134. The van der Waals surface area contributed by atoms with Gasteiger partial charge in [-0.15, -0.1) is 0 Å². The Labute approximate surface area is 94.0 Å². The maximum atomic E-state index is 9.05. The molecule has 0 bridgehead atoms. The van der Waals surface area contributed by atoms with Gasteiger partial charge in [0.05, 0.1) is 19.3 Å². The van der Waals surface area contributed by atoms with Crippen LogP contribution in [0.5, 0.6) is 0 Å². The maximum absolute atomic E-state index is 9.05. The van der Waals surface area contributed by atoms with E-state index in [1.807, 2.05) is 12.1 Å². The zero-order chi connectivity index (χ0) is 11.4. The summed E-state index contributed by atoms with van der Waals surface area (Å²) in [6.45, 7) is 2.06. The maximum Gasteiger partial charge on any atom is 0.142 e. The first-order valence-corrected chi connectivity index (χ1v) is 5.24. The number of rotatable bonds is 3. The molecule has 0 radical (unpaired) electrons. The number of hydrogen-bond acceptors (Lipinski definition) is 6. The van der Waals surface area contributed by atoms with E-state index in [1.165, 1.54) is 0 Å². The van der Waals surface area contributed by atoms with Gasteiger partial charge in [0.25, 0.3) is 0 Å². The fraction of sp³-hybridized carbons (Fsp3) is 0.500. The van der Waals surface area contributed by atoms with E-state index in [-0.39, 0.29) is 12.7 Å². The van der Waals surface area contributed by atoms with E-state index in [4.69, 9.17) is 15.7 Å². The van der Waals surface area contributed by atoms with E-state index in [0.717, 1.165) is 12.4 Å². The minimum atomic E-state index is -0.134. The summed E-state index contributed by atoms with van der Waals surface area (Å²) in [7, 11) is 0. The molecule has 1 fully saturated rings. The van der Waals surface area contributed by atoms with Crippen molar-refractivity contribution >= 4 is 11.6 Å². The molecule has 2 rings (SSSR count). The SMILES string of the molecule is NNc1cccc(N2CCOC(CO)C2)n1. The number of morpholine rings is 1. The van der Waals surface area contributed by atoms with Crippen LogP contribution in [0.4, 0.5) is 11.6 Å². The summed E-state index contributed by atoms with van der Waals surface area (Å²) in [6, 6.07) is 5.61. The molecule has 0 amide bonds. The third kappa shape index (κ3) is 2.41. The summed E-state index contributed by atoms with van der Waals surface area (Å²) >= 11 is 0. The monoisotopic (exact) mass is 224 g/mol. The molecule has 1 aliphatic heterocycles. The number of aromatic nitrogens is 1. The summed E-state index contributed by atoms with van der Waals surface area (Å²) in [4.78, 5) is 6.41. The van der Waals surface area contributed by atoms with E-state index in [1.54, 1.807) is 6.07 Å². The summed E-state index contributed by atoms with van der Waals surface area (Å²) in [5, 5.41) is 9.05. The van der Waals surface area contributed by atoms with E-state index in [0.29, 0.717) is 19.0 Å². The van der Waals surface area contributed by atoms with Crippen molar-refractivity contribution in [2.24, 2.45) is 5.84 Å². The highest BCUT2D eigenvalue weighted by Crippen LogP contribution is 2.16. The smallest absolute Gasteiger partial charge is 0.142 e. The largest absolute Gasteiger partial charge is 0.394 e. The quantitative estimate of drug-likeness (QED) is 0.477. The lowest BCUT2D eigenvalue weighted by Crippen LogP contribution is -2.44. The molecule has 0 aliphatic carbocycles. The molecular formula is C10H16N4O2. The normalized spacial score (nSPS) is 20.9. The molecule has 4 N–H and O–H groups in total. The number of anilines is 2. The van der Waals surface area contributed by atoms with Crippen LogP contribution in [0.3, 0.4) is 0 Å². The number of nitrogens with one attached hydrogen (secondary N) is 1. The third-order valence-electron chi connectivity index (χ3n) is 2.55. The van der Waals surface area contributed by atoms with Crippen molar-refractivity contribution in [2.45, 2.75) is 6.10 Å². The summed E-state index contributed by atoms with van der Waals surface area (Å²) in [5.41, 5.74) is 2.51.